The van der Waals surface area contributed by atoms with Crippen molar-refractivity contribution >= 4 is 69.5 Å². The first-order valence-electron chi connectivity index (χ1n) is 40.5. The lowest BCUT2D eigenvalue weighted by Crippen LogP contribution is -2.17. The maximum Gasteiger partial charge on any atom is 0.573 e. The van der Waals surface area contributed by atoms with Gasteiger partial charge in [-0.3, -0.25) is 63.3 Å². The molecule has 30 nitrogen and oxygen atoms in total. The summed E-state index contributed by atoms with van der Waals surface area (Å²) in [5.74, 6) is -18.8. The van der Waals surface area contributed by atoms with Gasteiger partial charge in [-0.05, 0) is 147 Å². The van der Waals surface area contributed by atoms with Crippen molar-refractivity contribution in [3.8, 4) is 97.7 Å². The molecule has 5 aromatic heterocycles. The summed E-state index contributed by atoms with van der Waals surface area (Å²) in [6.45, 7) is 2.43. The quantitative estimate of drug-likeness (QED) is 0.0232. The lowest BCUT2D eigenvalue weighted by atomic mass is 10.1. The number of rotatable bonds is 31. The fourth-order valence-electron chi connectivity index (χ4n) is 11.6. The fraction of sp³-hybridized carbons (Fsp3) is 0.176. The van der Waals surface area contributed by atoms with Crippen molar-refractivity contribution in [2.75, 3.05) is 42.5 Å². The predicted molar refractivity (Wildman–Crippen MR) is 452 cm³/mol. The molecule has 5 heterocycles. The van der Waals surface area contributed by atoms with Gasteiger partial charge in [-0.1, -0.05) is 6.07 Å². The number of carbonyl (C=O) groups is 8. The first-order chi connectivity index (χ1) is 67.3. The van der Waals surface area contributed by atoms with Crippen molar-refractivity contribution < 1.29 is 192 Å². The van der Waals surface area contributed by atoms with Crippen LogP contribution < -0.4 is 82.8 Å². The minimum absolute atomic E-state index is 0.00123. The molecule has 0 atom stereocenters. The molecule has 0 aliphatic rings. The summed E-state index contributed by atoms with van der Waals surface area (Å²) in [4.78, 5) is 117. The normalized spacial score (nSPS) is 11.5. The maximum atomic E-state index is 15.0. The van der Waals surface area contributed by atoms with Gasteiger partial charge in [-0.15, -0.1) is 52.7 Å². The molecule has 141 heavy (non-hydrogen) atoms. The van der Waals surface area contributed by atoms with Gasteiger partial charge in [0.25, 0.3) is 23.6 Å². The molecule has 0 saturated carbocycles. The topological polar surface area (TPSA) is 369 Å². The van der Waals surface area contributed by atoms with Crippen molar-refractivity contribution in [1.82, 2.24) is 24.9 Å². The highest BCUT2D eigenvalue weighted by Crippen LogP contribution is 2.45. The highest BCUT2D eigenvalue weighted by molar-refractivity contribution is 6.10. The summed E-state index contributed by atoms with van der Waals surface area (Å²) in [7, 11) is -0.833. The molecule has 0 spiro atoms. The van der Waals surface area contributed by atoms with E-state index in [2.05, 4.69) is 74.6 Å². The Morgan fingerprint density at radius 2 is 0.624 bits per heavy atom. The van der Waals surface area contributed by atoms with Gasteiger partial charge in [-0.25, -0.2) is 17.6 Å². The van der Waals surface area contributed by atoms with Crippen molar-refractivity contribution in [2.24, 2.45) is 0 Å². The van der Waals surface area contributed by atoms with Crippen LogP contribution in [0.1, 0.15) is 132 Å². The monoisotopic (exact) mass is 2000 g/mol. The number of ketones is 4. The number of pyridine rings is 5. The van der Waals surface area contributed by atoms with Crippen molar-refractivity contribution in [1.29, 1.82) is 0 Å². The first kappa shape index (κ1) is 103. The number of benzene rings is 7. The zero-order chi connectivity index (χ0) is 107. The Balaban J connectivity index is 0.000000214. The standard InChI is InChI=1S/C23H16F6N2O6.C23H16F6N2O5.C23H18F4N2O5.C22H17F4N3O5/c1-11(32)16-7-12(5-6-30-16)31-21(33)20-15(24)8-14(35-22(25)26)10-19(20)36-17-4-3-13(9-18(17)34-2)37-23(27,28)29;1-11-3-5-17(19(20(11)24)21(33)31-13-7-8-30-15(9-13)12(2)32)34-16-6-4-14(36-23(27,28)29)10-18(16)35-22(25)26;1-12-8-16(24)21(22(31)29-14-6-7-28-17(10-14)13(2)30)20(9-12)33-18-5-4-15(11-19(18)32-3)34-23(25,26)27;1-11-20(23)19(21(31)29-13-6-7-27-15(8-13)12(2)30)18(10-28-11)33-16-5-4-14(9-17(16)32-3)34-22(24,25)26/h3-10,22H,1-2H3,(H,30,31,33);3-10,22H,1-2H3,(H,30,31,33);4-11H,1-3H3,(H,28,29,31);4-10H,1-3H3,(H,27,29,31)/i;;3D3;. The van der Waals surface area contributed by atoms with Crippen LogP contribution in [0.15, 0.2) is 189 Å². The molecule has 12 aromatic rings. The van der Waals surface area contributed by atoms with Gasteiger partial charge in [0.05, 0.1) is 37.3 Å². The van der Waals surface area contributed by atoms with Crippen LogP contribution in [0, 0.1) is 44.0 Å². The number of hydrogen-bond acceptors (Lipinski definition) is 26. The zero-order valence-electron chi connectivity index (χ0n) is 75.9. The molecule has 12 rings (SSSR count). The second-order valence-electron chi connectivity index (χ2n) is 27.9. The summed E-state index contributed by atoms with van der Waals surface area (Å²) in [6.07, 6.45) is -14.0. The Bertz CT molecular complexity index is 6810. The number of methoxy groups -OCH3 is 3. The molecule has 7 aromatic carbocycles. The van der Waals surface area contributed by atoms with Crippen LogP contribution in [-0.4, -0.2) is 132 Å². The third-order valence-corrected chi connectivity index (χ3v) is 17.6. The minimum atomic E-state index is -5.11. The lowest BCUT2D eigenvalue weighted by Gasteiger charge is -2.17. The second-order valence-corrected chi connectivity index (χ2v) is 27.9. The number of nitrogens with one attached hydrogen (secondary N) is 4. The number of anilines is 4. The summed E-state index contributed by atoms with van der Waals surface area (Å²) in [6, 6.07) is 26.5. The van der Waals surface area contributed by atoms with Crippen molar-refractivity contribution in [3.05, 3.63) is 274 Å². The molecule has 0 bridgehead atoms. The smallest absolute Gasteiger partial charge is 0.493 e. The average molecular weight is 2010 g/mol. The summed E-state index contributed by atoms with van der Waals surface area (Å²) < 4.78 is 344. The van der Waals surface area contributed by atoms with E-state index in [1.165, 1.54) is 141 Å². The largest absolute Gasteiger partial charge is 0.573 e. The highest BCUT2D eigenvalue weighted by atomic mass is 19.4. The molecule has 0 aliphatic heterocycles. The highest BCUT2D eigenvalue weighted by Gasteiger charge is 2.37. The second kappa shape index (κ2) is 46.6. The van der Waals surface area contributed by atoms with Gasteiger partial charge in [0.1, 0.15) is 108 Å². The van der Waals surface area contributed by atoms with Gasteiger partial charge in [0.2, 0.25) is 0 Å². The zero-order valence-corrected chi connectivity index (χ0v) is 72.9. The third kappa shape index (κ3) is 31.4. The number of carbonyl (C=O) groups excluding carboxylic acids is 8. The predicted octanol–water partition coefficient (Wildman–Crippen LogP) is 23.0. The Kier molecular flexibility index (Phi) is 34.0. The Morgan fingerprint density at radius 3 is 0.972 bits per heavy atom. The van der Waals surface area contributed by atoms with Crippen LogP contribution in [0.2, 0.25) is 0 Å². The van der Waals surface area contributed by atoms with Gasteiger partial charge in [-0.2, -0.15) is 17.6 Å². The molecule has 0 fully saturated rings. The maximum absolute atomic E-state index is 15.0. The molecular weight excluding hydrogens is 1940 g/mol. The van der Waals surface area contributed by atoms with E-state index in [1.807, 2.05) is 0 Å². The van der Waals surface area contributed by atoms with Crippen LogP contribution in [0.25, 0.3) is 0 Å². The summed E-state index contributed by atoms with van der Waals surface area (Å²) in [5.41, 5.74) is -1.69. The number of ether oxygens (including phenoxy) is 13. The Morgan fingerprint density at radius 1 is 0.319 bits per heavy atom. The number of aromatic nitrogens is 5. The molecule has 742 valence electrons. The van der Waals surface area contributed by atoms with Crippen molar-refractivity contribution in [3.63, 3.8) is 0 Å². The van der Waals surface area contributed by atoms with Crippen molar-refractivity contribution in [2.45, 2.75) is 87.1 Å². The average Bonchev–Trinajstić information content (AvgIpc) is 0.797. The third-order valence-electron chi connectivity index (χ3n) is 17.6. The van der Waals surface area contributed by atoms with Gasteiger partial charge >= 0.3 is 38.7 Å². The number of aryl methyl sites for hydroxylation is 3. The fourth-order valence-corrected chi connectivity index (χ4v) is 11.6. The van der Waals surface area contributed by atoms with Crippen LogP contribution in [0.4, 0.5) is 111 Å². The number of halogens is 20. The number of Topliss-reactive ketones (excluding diaryl/α,β-unsaturated/α-hetero) is 4. The SMILES string of the molecule is CC(=O)c1cc(NC(=O)c2c(Oc3ccc(OC(F)(F)F)cc3OC(F)F)ccc(C)c2F)ccn1.COc1cc(OC(F)(F)F)ccc1Oc1cc(OC(F)F)cc(F)c1C(=O)Nc1ccnc(C(C)=O)c1.COc1cc(OC(F)(F)F)ccc1Oc1cnc(C)c(F)c1C(=O)Nc1ccnc(C(C)=O)c1.[2H]C([2H])([2H])Oc1cc(OC(F)(F)F)ccc1Oc1cc(C)cc(F)c1C(=O)Nc1ccnc(C(C)=O)c1. The van der Waals surface area contributed by atoms with Crippen LogP contribution >= 0.6 is 0 Å². The number of hydrogen-bond donors (Lipinski definition) is 4. The Labute approximate surface area is 784 Å². The first-order valence-corrected chi connectivity index (χ1v) is 39.0. The molecule has 4 amide bonds. The number of alkyl halides is 16. The molecule has 0 aliphatic carbocycles. The van der Waals surface area contributed by atoms with E-state index in [0.717, 1.165) is 92.2 Å². The minimum Gasteiger partial charge on any atom is -0.493 e. The van der Waals surface area contributed by atoms with E-state index in [0.29, 0.717) is 23.8 Å². The van der Waals surface area contributed by atoms with Crippen LogP contribution in [-0.2, 0) is 0 Å². The molecule has 0 unspecified atom stereocenters. The molecule has 0 radical (unpaired) electrons. The van der Waals surface area contributed by atoms with E-state index in [9.17, 15) is 126 Å². The van der Waals surface area contributed by atoms with E-state index in [-0.39, 0.29) is 103 Å². The van der Waals surface area contributed by atoms with Gasteiger partial charge < -0.3 is 82.8 Å². The number of amides is 4. The molecule has 0 saturated heterocycles. The van der Waals surface area contributed by atoms with E-state index in [1.54, 1.807) is 0 Å². The Hall–Kier alpha value is -17.2. The van der Waals surface area contributed by atoms with Gasteiger partial charge in [0, 0.05) is 112 Å². The lowest BCUT2D eigenvalue weighted by molar-refractivity contribution is -0.275. The van der Waals surface area contributed by atoms with Crippen LogP contribution in [0.5, 0.6) is 97.7 Å². The van der Waals surface area contributed by atoms with Gasteiger partial charge in [0.15, 0.2) is 80.7 Å². The molecular formula is C91H67F20N9O21. The summed E-state index contributed by atoms with van der Waals surface area (Å²) >= 11 is 0. The van der Waals surface area contributed by atoms with E-state index >= 15 is 0 Å². The number of nitrogens with zero attached hydrogens (tertiary/aromatic N) is 5. The molecule has 50 heteroatoms. The van der Waals surface area contributed by atoms with E-state index < -0.39 is 190 Å². The van der Waals surface area contributed by atoms with Crippen LogP contribution in [0.3, 0.4) is 0 Å². The van der Waals surface area contributed by atoms with E-state index in [4.69, 9.17) is 37.3 Å². The molecule has 4 N–H and O–H groups in total. The summed E-state index contributed by atoms with van der Waals surface area (Å²) in [5, 5.41) is 9.58.